The van der Waals surface area contributed by atoms with Crippen molar-refractivity contribution >= 4 is 17.5 Å². The number of carbonyl (C=O) groups excluding carboxylic acids is 2. The minimum atomic E-state index is -0.213. The van der Waals surface area contributed by atoms with Crippen molar-refractivity contribution < 1.29 is 9.59 Å². The number of anilines is 1. The Morgan fingerprint density at radius 1 is 1.16 bits per heavy atom. The number of nitrogens with zero attached hydrogens (tertiary/aromatic N) is 2. The first-order chi connectivity index (χ1) is 12.1. The molecule has 0 aliphatic heterocycles. The number of carbonyl (C=O) groups is 2. The van der Waals surface area contributed by atoms with Crippen LogP contribution in [0.3, 0.4) is 0 Å². The zero-order chi connectivity index (χ0) is 17.8. The van der Waals surface area contributed by atoms with Gasteiger partial charge < -0.3 is 10.2 Å². The maximum Gasteiger partial charge on any atom is 0.228 e. The number of pyridine rings is 1. The van der Waals surface area contributed by atoms with Gasteiger partial charge in [0.05, 0.1) is 11.8 Å². The van der Waals surface area contributed by atoms with Crippen LogP contribution >= 0.6 is 0 Å². The number of likely N-dealkylation sites (N-methyl/N-ethyl adjacent to an activating group) is 1. The number of benzene rings is 1. The predicted molar refractivity (Wildman–Crippen MR) is 97.0 cm³/mol. The van der Waals surface area contributed by atoms with E-state index >= 15 is 0 Å². The van der Waals surface area contributed by atoms with E-state index < -0.39 is 0 Å². The summed E-state index contributed by atoms with van der Waals surface area (Å²) in [5, 5.41) is 2.94. The second kappa shape index (κ2) is 7.47. The van der Waals surface area contributed by atoms with Crippen LogP contribution < -0.4 is 5.32 Å². The minimum Gasteiger partial charge on any atom is -0.345 e. The largest absolute Gasteiger partial charge is 0.345 e. The maximum atomic E-state index is 12.5. The van der Waals surface area contributed by atoms with Crippen LogP contribution in [0.15, 0.2) is 48.8 Å². The molecular weight excluding hydrogens is 314 g/mol. The molecule has 0 bridgehead atoms. The van der Waals surface area contributed by atoms with Crippen LogP contribution in [-0.4, -0.2) is 35.3 Å². The van der Waals surface area contributed by atoms with Crippen molar-refractivity contribution in [1.29, 1.82) is 0 Å². The Morgan fingerprint density at radius 2 is 1.88 bits per heavy atom. The number of rotatable bonds is 6. The van der Waals surface area contributed by atoms with E-state index in [-0.39, 0.29) is 23.7 Å². The highest BCUT2D eigenvalue weighted by atomic mass is 16.2. The van der Waals surface area contributed by atoms with E-state index in [1.54, 1.807) is 24.3 Å². The molecule has 1 N–H and O–H groups in total. The third-order valence-corrected chi connectivity index (χ3v) is 4.71. The van der Waals surface area contributed by atoms with E-state index in [1.807, 2.05) is 43.3 Å². The summed E-state index contributed by atoms with van der Waals surface area (Å²) in [5.74, 6) is -0.406. The van der Waals surface area contributed by atoms with Gasteiger partial charge in [-0.3, -0.25) is 14.6 Å². The van der Waals surface area contributed by atoms with Crippen molar-refractivity contribution in [3.8, 4) is 0 Å². The molecular formula is C20H23N3O2. The molecule has 1 aromatic carbocycles. The lowest BCUT2D eigenvalue weighted by atomic mass is 10.2. The van der Waals surface area contributed by atoms with E-state index in [0.717, 1.165) is 23.2 Å². The van der Waals surface area contributed by atoms with Crippen LogP contribution in [0.2, 0.25) is 0 Å². The van der Waals surface area contributed by atoms with Crippen molar-refractivity contribution in [2.24, 2.45) is 11.8 Å². The van der Waals surface area contributed by atoms with Gasteiger partial charge in [-0.2, -0.15) is 0 Å². The van der Waals surface area contributed by atoms with Gasteiger partial charge in [-0.15, -0.1) is 0 Å². The van der Waals surface area contributed by atoms with Crippen LogP contribution in [0, 0.1) is 18.8 Å². The number of nitrogens with one attached hydrogen (secondary N) is 1. The number of para-hydroxylation sites is 1. The Hall–Kier alpha value is -2.69. The maximum absolute atomic E-state index is 12.5. The van der Waals surface area contributed by atoms with Crippen LogP contribution in [0.1, 0.15) is 17.5 Å². The molecule has 2 aromatic rings. The van der Waals surface area contributed by atoms with Crippen molar-refractivity contribution in [2.75, 3.05) is 18.9 Å². The molecule has 1 saturated carbocycles. The van der Waals surface area contributed by atoms with Crippen LogP contribution in [-0.2, 0) is 16.0 Å². The van der Waals surface area contributed by atoms with Gasteiger partial charge in [0.1, 0.15) is 0 Å². The number of aromatic nitrogens is 1. The highest BCUT2D eigenvalue weighted by molar-refractivity contribution is 5.99. The van der Waals surface area contributed by atoms with Crippen molar-refractivity contribution in [1.82, 2.24) is 9.88 Å². The third kappa shape index (κ3) is 4.24. The van der Waals surface area contributed by atoms with Gasteiger partial charge in [0, 0.05) is 31.7 Å². The standard InChI is InChI=1S/C20H23N3O2/c1-14-5-3-4-6-18(14)22-19(24)16-13-17(16)20(25)23(2)12-9-15-7-10-21-11-8-15/h3-8,10-11,16-17H,9,12-13H2,1-2H3,(H,22,24). The number of hydrogen-bond acceptors (Lipinski definition) is 3. The highest BCUT2D eigenvalue weighted by Crippen LogP contribution is 2.40. The minimum absolute atomic E-state index is 0.0546. The van der Waals surface area contributed by atoms with E-state index in [1.165, 1.54) is 0 Å². The second-order valence-corrected chi connectivity index (χ2v) is 6.62. The monoisotopic (exact) mass is 337 g/mol. The van der Waals surface area contributed by atoms with Crippen molar-refractivity contribution in [3.05, 3.63) is 59.9 Å². The topological polar surface area (TPSA) is 62.3 Å². The van der Waals surface area contributed by atoms with Crippen molar-refractivity contribution in [2.45, 2.75) is 19.8 Å². The summed E-state index contributed by atoms with van der Waals surface area (Å²) in [4.78, 5) is 30.6. The molecule has 130 valence electrons. The lowest BCUT2D eigenvalue weighted by Crippen LogP contribution is -2.31. The molecule has 1 aromatic heterocycles. The molecule has 1 aliphatic carbocycles. The summed E-state index contributed by atoms with van der Waals surface area (Å²) < 4.78 is 0. The zero-order valence-corrected chi connectivity index (χ0v) is 14.6. The Morgan fingerprint density at radius 3 is 2.60 bits per heavy atom. The lowest BCUT2D eigenvalue weighted by Gasteiger charge is -2.17. The fraction of sp³-hybridized carbons (Fsp3) is 0.350. The summed E-state index contributed by atoms with van der Waals surface area (Å²) >= 11 is 0. The van der Waals surface area contributed by atoms with Crippen LogP contribution in [0.25, 0.3) is 0 Å². The Kier molecular flexibility index (Phi) is 5.12. The van der Waals surface area contributed by atoms with E-state index in [0.29, 0.717) is 13.0 Å². The predicted octanol–water partition coefficient (Wildman–Crippen LogP) is 2.67. The molecule has 3 rings (SSSR count). The summed E-state index contributed by atoms with van der Waals surface area (Å²) in [6, 6.07) is 11.6. The molecule has 0 spiro atoms. The Balaban J connectivity index is 1.49. The average molecular weight is 337 g/mol. The molecule has 1 aliphatic rings. The van der Waals surface area contributed by atoms with Gasteiger partial charge >= 0.3 is 0 Å². The Bertz CT molecular complexity index is 761. The summed E-state index contributed by atoms with van der Waals surface area (Å²) in [7, 11) is 1.80. The highest BCUT2D eigenvalue weighted by Gasteiger charge is 2.49. The molecule has 5 nitrogen and oxygen atoms in total. The first-order valence-corrected chi connectivity index (χ1v) is 8.56. The first-order valence-electron chi connectivity index (χ1n) is 8.56. The molecule has 1 heterocycles. The number of aryl methyl sites for hydroxylation is 1. The van der Waals surface area contributed by atoms with Gasteiger partial charge in [-0.05, 0) is 49.1 Å². The normalized spacial score (nSPS) is 18.5. The van der Waals surface area contributed by atoms with Gasteiger partial charge in [-0.25, -0.2) is 0 Å². The van der Waals surface area contributed by atoms with E-state index in [4.69, 9.17) is 0 Å². The average Bonchev–Trinajstić information content (AvgIpc) is 3.42. The first kappa shape index (κ1) is 17.1. The summed E-state index contributed by atoms with van der Waals surface area (Å²) in [6.45, 7) is 2.60. The molecule has 2 atom stereocenters. The van der Waals surface area contributed by atoms with Crippen molar-refractivity contribution in [3.63, 3.8) is 0 Å². The molecule has 0 saturated heterocycles. The quantitative estimate of drug-likeness (QED) is 0.881. The summed E-state index contributed by atoms with van der Waals surface area (Å²) in [5.41, 5.74) is 2.99. The fourth-order valence-electron chi connectivity index (χ4n) is 2.94. The molecule has 0 radical (unpaired) electrons. The molecule has 2 amide bonds. The van der Waals surface area contributed by atoms with E-state index in [2.05, 4.69) is 10.3 Å². The fourth-order valence-corrected chi connectivity index (χ4v) is 2.94. The molecule has 1 fully saturated rings. The second-order valence-electron chi connectivity index (χ2n) is 6.62. The number of hydrogen-bond donors (Lipinski definition) is 1. The SMILES string of the molecule is Cc1ccccc1NC(=O)C1CC1C(=O)N(C)CCc1ccncc1. The lowest BCUT2D eigenvalue weighted by molar-refractivity contribution is -0.132. The Labute approximate surface area is 148 Å². The smallest absolute Gasteiger partial charge is 0.228 e. The van der Waals surface area contributed by atoms with Gasteiger partial charge in [0.2, 0.25) is 11.8 Å². The van der Waals surface area contributed by atoms with Gasteiger partial charge in [0.25, 0.3) is 0 Å². The van der Waals surface area contributed by atoms with Gasteiger partial charge in [0.15, 0.2) is 0 Å². The van der Waals surface area contributed by atoms with Gasteiger partial charge in [-0.1, -0.05) is 18.2 Å². The summed E-state index contributed by atoms with van der Waals surface area (Å²) in [6.07, 6.45) is 4.93. The van der Waals surface area contributed by atoms with Crippen LogP contribution in [0.4, 0.5) is 5.69 Å². The molecule has 2 unspecified atom stereocenters. The molecule has 5 heteroatoms. The van der Waals surface area contributed by atoms with Crippen LogP contribution in [0.5, 0.6) is 0 Å². The number of amides is 2. The third-order valence-electron chi connectivity index (χ3n) is 4.71. The van der Waals surface area contributed by atoms with E-state index in [9.17, 15) is 9.59 Å². The zero-order valence-electron chi connectivity index (χ0n) is 14.6. The molecule has 25 heavy (non-hydrogen) atoms.